The lowest BCUT2D eigenvalue weighted by molar-refractivity contribution is -0.155. The van der Waals surface area contributed by atoms with Gasteiger partial charge >= 0.3 is 5.97 Å². The van der Waals surface area contributed by atoms with Gasteiger partial charge in [0.1, 0.15) is 11.7 Å². The number of carbonyl (C=O) groups excluding carboxylic acids is 2. The fraction of sp³-hybridized carbons (Fsp3) is 0.235. The summed E-state index contributed by atoms with van der Waals surface area (Å²) in [5.41, 5.74) is 4.77. The lowest BCUT2D eigenvalue weighted by Crippen LogP contribution is -2.72. The fourth-order valence-corrected chi connectivity index (χ4v) is 5.41. The van der Waals surface area contributed by atoms with E-state index < -0.39 is 35.6 Å². The minimum Gasteiger partial charge on any atom is -0.477 e. The molecule has 2 aromatic rings. The molecular weight excluding hydrogens is 517 g/mol. The third-order valence-electron chi connectivity index (χ3n) is 4.89. The van der Waals surface area contributed by atoms with Crippen LogP contribution in [0.4, 0.5) is 5.13 Å². The number of carboxylic acids is 1. The minimum atomic E-state index is -1.30. The second kappa shape index (κ2) is 9.13. The predicted octanol–water partition coefficient (Wildman–Crippen LogP) is 1.58. The van der Waals surface area contributed by atoms with Crippen molar-refractivity contribution < 1.29 is 24.7 Å². The molecule has 0 bridgehead atoms. The van der Waals surface area contributed by atoms with E-state index in [9.17, 15) is 24.7 Å². The highest BCUT2D eigenvalue weighted by molar-refractivity contribution is 8.03. The molecule has 0 unspecified atom stereocenters. The molecule has 5 N–H and O–H groups in total. The first-order valence-corrected chi connectivity index (χ1v) is 11.5. The molecule has 0 spiro atoms. The Morgan fingerprint density at radius 1 is 1.36 bits per heavy atom. The van der Waals surface area contributed by atoms with E-state index in [1.54, 1.807) is 0 Å². The number of nitrogens with zero attached hydrogens (tertiary/aromatic N) is 5. The van der Waals surface area contributed by atoms with Crippen molar-refractivity contribution in [2.24, 2.45) is 5.16 Å². The largest absolute Gasteiger partial charge is 0.477 e. The van der Waals surface area contributed by atoms with Crippen LogP contribution < -0.4 is 11.1 Å². The number of allylic oxidation sites excluding steroid dienone is 1. The lowest BCUT2D eigenvalue weighted by Gasteiger charge is -2.50. The molecule has 2 aliphatic rings. The highest BCUT2D eigenvalue weighted by atomic mass is 35.5. The van der Waals surface area contributed by atoms with Crippen LogP contribution in [0.1, 0.15) is 18.7 Å². The fourth-order valence-electron chi connectivity index (χ4n) is 3.47. The van der Waals surface area contributed by atoms with Crippen LogP contribution in [-0.2, 0) is 14.4 Å². The summed E-state index contributed by atoms with van der Waals surface area (Å²) in [7, 11) is 0. The van der Waals surface area contributed by atoms with Gasteiger partial charge in [0.05, 0.1) is 21.0 Å². The molecular formula is C17H13Cl2N7O5S2. The van der Waals surface area contributed by atoms with Gasteiger partial charge in [-0.2, -0.15) is 9.36 Å². The number of hydrogen-bond donors (Lipinski definition) is 4. The monoisotopic (exact) mass is 529 g/mol. The van der Waals surface area contributed by atoms with Crippen molar-refractivity contribution in [3.8, 4) is 0 Å². The van der Waals surface area contributed by atoms with Crippen molar-refractivity contribution in [2.75, 3.05) is 5.73 Å². The molecule has 2 amide bonds. The number of carbonyl (C=O) groups is 3. The maximum Gasteiger partial charge on any atom is 0.353 e. The van der Waals surface area contributed by atoms with Gasteiger partial charge in [0.15, 0.2) is 5.13 Å². The Morgan fingerprint density at radius 3 is 2.76 bits per heavy atom. The van der Waals surface area contributed by atoms with Gasteiger partial charge in [-0.3, -0.25) is 19.5 Å². The first kappa shape index (κ1) is 23.2. The molecule has 16 heteroatoms. The first-order chi connectivity index (χ1) is 15.7. The van der Waals surface area contributed by atoms with E-state index in [0.717, 1.165) is 28.2 Å². The number of aromatic nitrogens is 3. The maximum atomic E-state index is 12.8. The molecule has 4 rings (SSSR count). The Labute approximate surface area is 203 Å². The summed E-state index contributed by atoms with van der Waals surface area (Å²) >= 11 is 14.0. The van der Waals surface area contributed by atoms with Gasteiger partial charge < -0.3 is 21.4 Å². The van der Waals surface area contributed by atoms with E-state index in [0.29, 0.717) is 22.6 Å². The summed E-state index contributed by atoms with van der Waals surface area (Å²) in [6.45, 7) is 0. The zero-order valence-corrected chi connectivity index (χ0v) is 19.4. The molecule has 0 aliphatic carbocycles. The number of nitrogen functional groups attached to an aromatic ring is 1. The molecule has 0 radical (unpaired) electrons. The number of nitrogens with one attached hydrogen (secondary N) is 1. The third-order valence-corrected chi connectivity index (χ3v) is 7.51. The molecule has 4 heterocycles. The molecule has 2 aliphatic heterocycles. The van der Waals surface area contributed by atoms with Gasteiger partial charge in [0, 0.05) is 28.8 Å². The van der Waals surface area contributed by atoms with Crippen LogP contribution in [0, 0.1) is 0 Å². The van der Waals surface area contributed by atoms with Gasteiger partial charge in [-0.15, -0.1) is 0 Å². The summed E-state index contributed by atoms with van der Waals surface area (Å²) in [6.07, 6.45) is 3.49. The number of amides is 2. The number of β-lactam (4-membered cyclic amide) rings is 1. The number of carboxylic acid groups (broad SMARTS) is 1. The molecule has 12 nitrogen and oxygen atoms in total. The smallest absolute Gasteiger partial charge is 0.353 e. The Balaban J connectivity index is 1.55. The quantitative estimate of drug-likeness (QED) is 0.185. The van der Waals surface area contributed by atoms with Crippen LogP contribution in [0.25, 0.3) is 0 Å². The number of nitrogens with two attached hydrogens (primary N) is 1. The van der Waals surface area contributed by atoms with E-state index in [1.165, 1.54) is 12.4 Å². The Bertz CT molecular complexity index is 1230. The van der Waals surface area contributed by atoms with Gasteiger partial charge in [-0.25, -0.2) is 4.79 Å². The third kappa shape index (κ3) is 4.21. The zero-order chi connectivity index (χ0) is 23.9. The SMILES string of the molecule is Nc1nc(/C(=N/O)C(=O)N[C@@H]2C(=O)N3C(C(=O)O)=C(Sc4cncc(Cl)c4Cl)CC[C@H]23)ns1. The van der Waals surface area contributed by atoms with Crippen molar-refractivity contribution in [1.29, 1.82) is 0 Å². The summed E-state index contributed by atoms with van der Waals surface area (Å²) in [6, 6.07) is -1.61. The van der Waals surface area contributed by atoms with Gasteiger partial charge in [0.2, 0.25) is 11.5 Å². The average molecular weight is 530 g/mol. The van der Waals surface area contributed by atoms with E-state index in [1.807, 2.05) is 0 Å². The summed E-state index contributed by atoms with van der Waals surface area (Å²) in [5.74, 6) is -3.01. The number of fused-ring (bicyclic) bond motifs is 1. The second-order valence-corrected chi connectivity index (χ2v) is 9.49. The standard InChI is InChI=1S/C17H13Cl2N7O5S2/c18-5-3-21-4-8(9(5)19)32-7-2-1-6-10(15(28)26(6)12(7)16(29)30)22-14(27)11(24-31)13-23-17(20)33-25-13/h3-4,6,10,31H,1-2H2,(H,22,27)(H,29,30)(H2,20,23,25)/b24-11-/t6-,10+/m1/s1. The Kier molecular flexibility index (Phi) is 6.43. The number of thioether (sulfide) groups is 1. The van der Waals surface area contributed by atoms with Crippen molar-refractivity contribution in [2.45, 2.75) is 29.8 Å². The van der Waals surface area contributed by atoms with Crippen molar-refractivity contribution in [1.82, 2.24) is 24.6 Å². The predicted molar refractivity (Wildman–Crippen MR) is 119 cm³/mol. The van der Waals surface area contributed by atoms with Gasteiger partial charge in [-0.1, -0.05) is 40.1 Å². The van der Waals surface area contributed by atoms with E-state index in [-0.39, 0.29) is 26.7 Å². The molecule has 172 valence electrons. The molecule has 2 aromatic heterocycles. The average Bonchev–Trinajstić information content (AvgIpc) is 3.20. The van der Waals surface area contributed by atoms with Crippen LogP contribution in [0.2, 0.25) is 10.0 Å². The topological polar surface area (TPSA) is 184 Å². The number of hydrogen-bond acceptors (Lipinski definition) is 11. The van der Waals surface area contributed by atoms with Crippen molar-refractivity contribution >= 4 is 75.1 Å². The number of anilines is 1. The number of pyridine rings is 1. The van der Waals surface area contributed by atoms with Gasteiger partial charge in [-0.05, 0) is 12.8 Å². The van der Waals surface area contributed by atoms with E-state index in [2.05, 4.69) is 24.8 Å². The second-order valence-electron chi connectivity index (χ2n) is 6.78. The van der Waals surface area contributed by atoms with Crippen LogP contribution in [-0.4, -0.2) is 65.1 Å². The highest BCUT2D eigenvalue weighted by Gasteiger charge is 2.54. The normalized spacial score (nSPS) is 20.4. The molecule has 0 saturated carbocycles. The lowest BCUT2D eigenvalue weighted by atomic mass is 9.86. The number of aliphatic carboxylic acids is 1. The molecule has 2 atom stereocenters. The number of rotatable bonds is 6. The maximum absolute atomic E-state index is 12.8. The van der Waals surface area contributed by atoms with Crippen LogP contribution >= 0.6 is 46.5 Å². The molecule has 33 heavy (non-hydrogen) atoms. The minimum absolute atomic E-state index is 0.0633. The van der Waals surface area contributed by atoms with Crippen molar-refractivity contribution in [3.63, 3.8) is 0 Å². The Morgan fingerprint density at radius 2 is 2.12 bits per heavy atom. The molecule has 1 fully saturated rings. The summed E-state index contributed by atoms with van der Waals surface area (Å²) < 4.78 is 3.80. The van der Waals surface area contributed by atoms with E-state index >= 15 is 0 Å². The van der Waals surface area contributed by atoms with Crippen LogP contribution in [0.3, 0.4) is 0 Å². The van der Waals surface area contributed by atoms with E-state index in [4.69, 9.17) is 28.9 Å². The van der Waals surface area contributed by atoms with Gasteiger partial charge in [0.25, 0.3) is 11.8 Å². The molecule has 1 saturated heterocycles. The Hall–Kier alpha value is -2.94. The summed E-state index contributed by atoms with van der Waals surface area (Å²) in [5, 5.41) is 24.8. The highest BCUT2D eigenvalue weighted by Crippen LogP contribution is 2.45. The number of halogens is 2. The molecule has 0 aromatic carbocycles. The zero-order valence-electron chi connectivity index (χ0n) is 16.2. The van der Waals surface area contributed by atoms with Crippen molar-refractivity contribution in [3.05, 3.63) is 38.9 Å². The van der Waals surface area contributed by atoms with Crippen LogP contribution in [0.5, 0.6) is 0 Å². The number of oxime groups is 1. The summed E-state index contributed by atoms with van der Waals surface area (Å²) in [4.78, 5) is 47.1. The van der Waals surface area contributed by atoms with Crippen LogP contribution in [0.15, 0.2) is 33.0 Å². The first-order valence-electron chi connectivity index (χ1n) is 9.11.